The number of benzene rings is 3. The fraction of sp³-hybridized carbons (Fsp3) is 0.0833. The van der Waals surface area contributed by atoms with Crippen molar-refractivity contribution in [1.29, 1.82) is 0 Å². The van der Waals surface area contributed by atoms with E-state index < -0.39 is 0 Å². The Bertz CT molecular complexity index is 1080. The van der Waals surface area contributed by atoms with Crippen molar-refractivity contribution in [2.75, 3.05) is 10.2 Å². The second-order valence-electron chi connectivity index (χ2n) is 6.89. The third-order valence-corrected chi connectivity index (χ3v) is 4.73. The first kappa shape index (κ1) is 17.7. The van der Waals surface area contributed by atoms with Crippen LogP contribution in [-0.2, 0) is 9.59 Å². The Morgan fingerprint density at radius 2 is 1.43 bits per heavy atom. The average Bonchev–Trinajstić information content (AvgIpc) is 2.93. The predicted molar refractivity (Wildman–Crippen MR) is 112 cm³/mol. The Balaban J connectivity index is 1.83. The van der Waals surface area contributed by atoms with Gasteiger partial charge in [0.1, 0.15) is 5.70 Å². The molecular weight excluding hydrogens is 348 g/mol. The van der Waals surface area contributed by atoms with Crippen LogP contribution in [-0.4, -0.2) is 11.8 Å². The SMILES string of the molecule is Cc1ccc(C2=C(Nc3ccccc3)C(=O)N(c3cccc(C)c3)C2=O)cc1. The number of nitrogens with one attached hydrogen (secondary N) is 1. The number of amides is 2. The van der Waals surface area contributed by atoms with Crippen molar-refractivity contribution in [3.05, 3.63) is 101 Å². The lowest BCUT2D eigenvalue weighted by Gasteiger charge is -2.16. The summed E-state index contributed by atoms with van der Waals surface area (Å²) in [5, 5.41) is 3.17. The van der Waals surface area contributed by atoms with Crippen molar-refractivity contribution in [3.8, 4) is 0 Å². The fourth-order valence-corrected chi connectivity index (χ4v) is 3.30. The first-order valence-corrected chi connectivity index (χ1v) is 9.13. The second-order valence-corrected chi connectivity index (χ2v) is 6.89. The smallest absolute Gasteiger partial charge is 0.282 e. The number of carbonyl (C=O) groups excluding carboxylic acids is 2. The fourth-order valence-electron chi connectivity index (χ4n) is 3.30. The molecule has 0 aliphatic carbocycles. The minimum atomic E-state index is -0.352. The summed E-state index contributed by atoms with van der Waals surface area (Å²) in [5.74, 6) is -0.673. The topological polar surface area (TPSA) is 49.4 Å². The van der Waals surface area contributed by atoms with Gasteiger partial charge in [-0.3, -0.25) is 9.59 Å². The molecule has 0 atom stereocenters. The van der Waals surface area contributed by atoms with E-state index in [0.29, 0.717) is 17.0 Å². The van der Waals surface area contributed by atoms with Gasteiger partial charge in [0.15, 0.2) is 0 Å². The summed E-state index contributed by atoms with van der Waals surface area (Å²) in [5.41, 5.74) is 4.81. The van der Waals surface area contributed by atoms with Crippen LogP contribution in [0.2, 0.25) is 0 Å². The molecule has 28 heavy (non-hydrogen) atoms. The van der Waals surface area contributed by atoms with Gasteiger partial charge >= 0.3 is 0 Å². The number of imide groups is 1. The highest BCUT2D eigenvalue weighted by Crippen LogP contribution is 2.34. The highest BCUT2D eigenvalue weighted by atomic mass is 16.2. The number of anilines is 2. The lowest BCUT2D eigenvalue weighted by Crippen LogP contribution is -2.32. The number of hydrogen-bond donors (Lipinski definition) is 1. The van der Waals surface area contributed by atoms with Gasteiger partial charge in [-0.25, -0.2) is 4.90 Å². The van der Waals surface area contributed by atoms with Gasteiger partial charge in [-0.2, -0.15) is 0 Å². The first-order chi connectivity index (χ1) is 13.5. The summed E-state index contributed by atoms with van der Waals surface area (Å²) in [7, 11) is 0. The molecule has 1 aliphatic heterocycles. The highest BCUT2D eigenvalue weighted by Gasteiger charge is 2.40. The minimum absolute atomic E-state index is 0.293. The van der Waals surface area contributed by atoms with E-state index in [4.69, 9.17) is 0 Å². The molecule has 1 aliphatic rings. The molecule has 0 fully saturated rings. The van der Waals surface area contributed by atoms with Gasteiger partial charge in [-0.05, 0) is 49.2 Å². The maximum Gasteiger partial charge on any atom is 0.282 e. The number of aryl methyl sites for hydroxylation is 2. The van der Waals surface area contributed by atoms with Crippen LogP contribution in [0.4, 0.5) is 11.4 Å². The Morgan fingerprint density at radius 1 is 0.714 bits per heavy atom. The molecule has 1 N–H and O–H groups in total. The molecule has 2 amide bonds. The van der Waals surface area contributed by atoms with Crippen molar-refractivity contribution < 1.29 is 9.59 Å². The van der Waals surface area contributed by atoms with Gasteiger partial charge in [-0.15, -0.1) is 0 Å². The molecule has 4 rings (SSSR count). The molecule has 0 saturated heterocycles. The normalized spacial score (nSPS) is 14.0. The maximum absolute atomic E-state index is 13.3. The van der Waals surface area contributed by atoms with E-state index in [1.165, 1.54) is 4.90 Å². The van der Waals surface area contributed by atoms with Gasteiger partial charge in [0, 0.05) is 5.69 Å². The van der Waals surface area contributed by atoms with E-state index in [-0.39, 0.29) is 11.8 Å². The number of hydrogen-bond acceptors (Lipinski definition) is 3. The summed E-state index contributed by atoms with van der Waals surface area (Å²) >= 11 is 0. The van der Waals surface area contributed by atoms with Gasteiger partial charge < -0.3 is 5.32 Å². The van der Waals surface area contributed by atoms with Crippen molar-refractivity contribution >= 4 is 28.8 Å². The van der Waals surface area contributed by atoms with Crippen LogP contribution in [0.1, 0.15) is 16.7 Å². The molecule has 4 nitrogen and oxygen atoms in total. The summed E-state index contributed by atoms with van der Waals surface area (Å²) in [6.07, 6.45) is 0. The first-order valence-electron chi connectivity index (χ1n) is 9.13. The number of para-hydroxylation sites is 1. The van der Waals surface area contributed by atoms with Crippen LogP contribution in [0.3, 0.4) is 0 Å². The number of carbonyl (C=O) groups is 2. The van der Waals surface area contributed by atoms with Crippen LogP contribution >= 0.6 is 0 Å². The average molecular weight is 368 g/mol. The lowest BCUT2D eigenvalue weighted by atomic mass is 10.0. The molecule has 0 saturated carbocycles. The Morgan fingerprint density at radius 3 is 2.11 bits per heavy atom. The van der Waals surface area contributed by atoms with Crippen LogP contribution in [0.5, 0.6) is 0 Å². The van der Waals surface area contributed by atoms with Gasteiger partial charge in [0.25, 0.3) is 11.8 Å². The zero-order valence-corrected chi connectivity index (χ0v) is 15.8. The third kappa shape index (κ3) is 3.21. The van der Waals surface area contributed by atoms with Gasteiger partial charge in [0.05, 0.1) is 11.3 Å². The van der Waals surface area contributed by atoms with Crippen LogP contribution in [0.15, 0.2) is 84.6 Å². The molecule has 3 aromatic rings. The Labute approximate surface area is 164 Å². The van der Waals surface area contributed by atoms with E-state index in [2.05, 4.69) is 5.32 Å². The molecule has 138 valence electrons. The third-order valence-electron chi connectivity index (χ3n) is 4.73. The number of rotatable bonds is 4. The summed E-state index contributed by atoms with van der Waals surface area (Å²) in [6.45, 7) is 3.92. The number of nitrogens with zero attached hydrogens (tertiary/aromatic N) is 1. The van der Waals surface area contributed by atoms with Crippen LogP contribution in [0.25, 0.3) is 5.57 Å². The summed E-state index contributed by atoms with van der Waals surface area (Å²) in [4.78, 5) is 27.8. The molecular formula is C24H20N2O2. The predicted octanol–water partition coefficient (Wildman–Crippen LogP) is 4.70. The molecule has 0 bridgehead atoms. The maximum atomic E-state index is 13.3. The minimum Gasteiger partial charge on any atom is -0.350 e. The zero-order valence-electron chi connectivity index (χ0n) is 15.8. The van der Waals surface area contributed by atoms with E-state index in [1.807, 2.05) is 86.6 Å². The van der Waals surface area contributed by atoms with E-state index in [0.717, 1.165) is 22.4 Å². The quantitative estimate of drug-likeness (QED) is 0.679. The molecule has 1 heterocycles. The Kier molecular flexibility index (Phi) is 4.53. The molecule has 0 spiro atoms. The van der Waals surface area contributed by atoms with E-state index >= 15 is 0 Å². The van der Waals surface area contributed by atoms with Crippen LogP contribution in [0, 0.1) is 13.8 Å². The molecule has 4 heteroatoms. The van der Waals surface area contributed by atoms with Crippen molar-refractivity contribution in [1.82, 2.24) is 0 Å². The Hall–Kier alpha value is -3.66. The lowest BCUT2D eigenvalue weighted by molar-refractivity contribution is -0.120. The largest absolute Gasteiger partial charge is 0.350 e. The summed E-state index contributed by atoms with van der Waals surface area (Å²) in [6, 6.07) is 24.4. The molecule has 3 aromatic carbocycles. The van der Waals surface area contributed by atoms with Gasteiger partial charge in [-0.1, -0.05) is 60.2 Å². The van der Waals surface area contributed by atoms with Crippen molar-refractivity contribution in [2.24, 2.45) is 0 Å². The van der Waals surface area contributed by atoms with Crippen molar-refractivity contribution in [2.45, 2.75) is 13.8 Å². The van der Waals surface area contributed by atoms with E-state index in [1.54, 1.807) is 6.07 Å². The molecule has 0 aromatic heterocycles. The second kappa shape index (κ2) is 7.16. The monoisotopic (exact) mass is 368 g/mol. The molecule has 0 radical (unpaired) electrons. The standard InChI is InChI=1S/C24H20N2O2/c1-16-11-13-18(14-12-16)21-22(25-19-8-4-3-5-9-19)24(28)26(23(21)27)20-10-6-7-17(2)15-20/h3-15,25H,1-2H3. The molecule has 0 unspecified atom stereocenters. The highest BCUT2D eigenvalue weighted by molar-refractivity contribution is 6.46. The van der Waals surface area contributed by atoms with Crippen LogP contribution < -0.4 is 10.2 Å². The van der Waals surface area contributed by atoms with E-state index in [9.17, 15) is 9.59 Å². The van der Waals surface area contributed by atoms with Crippen molar-refractivity contribution in [3.63, 3.8) is 0 Å². The zero-order chi connectivity index (χ0) is 19.7. The van der Waals surface area contributed by atoms with Gasteiger partial charge in [0.2, 0.25) is 0 Å². The summed E-state index contributed by atoms with van der Waals surface area (Å²) < 4.78 is 0.